The number of aromatic nitrogens is 1. The molecule has 0 N–H and O–H groups in total. The van der Waals surface area contributed by atoms with Crippen molar-refractivity contribution in [2.24, 2.45) is 0 Å². The molecule has 25 heavy (non-hydrogen) atoms. The maximum absolute atomic E-state index is 13.4. The molecule has 1 aliphatic heterocycles. The predicted molar refractivity (Wildman–Crippen MR) is 91.0 cm³/mol. The topological polar surface area (TPSA) is 29.3 Å². The van der Waals surface area contributed by atoms with Gasteiger partial charge in [-0.1, -0.05) is 24.3 Å². The van der Waals surface area contributed by atoms with Crippen LogP contribution in [-0.4, -0.2) is 23.0 Å². The van der Waals surface area contributed by atoms with Crippen LogP contribution in [0.2, 0.25) is 0 Å². The minimum atomic E-state index is -0.900. The Morgan fingerprint density at radius 1 is 0.960 bits per heavy atom. The maximum atomic E-state index is 13.4. The number of halogens is 2. The third-order valence-electron chi connectivity index (χ3n) is 4.62. The van der Waals surface area contributed by atoms with Gasteiger partial charge in [0.15, 0.2) is 11.6 Å². The van der Waals surface area contributed by atoms with Crippen LogP contribution < -0.4 is 0 Å². The highest BCUT2D eigenvalue weighted by atomic mass is 19.2. The molecular weight excluding hydrogens is 322 g/mol. The van der Waals surface area contributed by atoms with Crippen LogP contribution in [-0.2, 0) is 19.4 Å². The molecular formula is C20H18F2N2O. The first kappa shape index (κ1) is 16.0. The van der Waals surface area contributed by atoms with Crippen molar-refractivity contribution in [3.8, 4) is 11.5 Å². The number of benzene rings is 2. The molecule has 3 nitrogen and oxygen atoms in total. The number of rotatable bonds is 3. The summed E-state index contributed by atoms with van der Waals surface area (Å²) in [5.41, 5.74) is 4.05. The first-order valence-corrected chi connectivity index (χ1v) is 8.38. The molecule has 3 aromatic rings. The number of fused-ring (bicyclic) bond motifs is 1. The number of oxazole rings is 1. The van der Waals surface area contributed by atoms with Gasteiger partial charge in [-0.05, 0) is 42.2 Å². The fraction of sp³-hybridized carbons (Fsp3) is 0.250. The van der Waals surface area contributed by atoms with E-state index in [2.05, 4.69) is 34.1 Å². The zero-order valence-electron chi connectivity index (χ0n) is 13.7. The Kier molecular flexibility index (Phi) is 4.32. The van der Waals surface area contributed by atoms with Gasteiger partial charge in [-0.2, -0.15) is 0 Å². The Morgan fingerprint density at radius 2 is 1.68 bits per heavy atom. The first-order valence-electron chi connectivity index (χ1n) is 8.38. The Morgan fingerprint density at radius 3 is 2.36 bits per heavy atom. The average molecular weight is 340 g/mol. The van der Waals surface area contributed by atoms with Crippen molar-refractivity contribution in [1.82, 2.24) is 9.88 Å². The van der Waals surface area contributed by atoms with Gasteiger partial charge in [0, 0.05) is 25.2 Å². The quantitative estimate of drug-likeness (QED) is 0.715. The molecule has 0 bridgehead atoms. The van der Waals surface area contributed by atoms with Gasteiger partial charge >= 0.3 is 0 Å². The Labute approximate surface area is 144 Å². The Hall–Kier alpha value is -2.53. The average Bonchev–Trinajstić information content (AvgIpc) is 2.99. The molecule has 0 saturated carbocycles. The largest absolute Gasteiger partial charge is 0.444 e. The van der Waals surface area contributed by atoms with Crippen molar-refractivity contribution in [3.63, 3.8) is 0 Å². The summed E-state index contributed by atoms with van der Waals surface area (Å²) in [4.78, 5) is 6.77. The van der Waals surface area contributed by atoms with E-state index < -0.39 is 11.6 Å². The summed E-state index contributed by atoms with van der Waals surface area (Å²) in [6.07, 6.45) is 3.63. The van der Waals surface area contributed by atoms with Gasteiger partial charge in [-0.3, -0.25) is 4.90 Å². The first-order chi connectivity index (χ1) is 12.2. The molecule has 0 spiro atoms. The summed E-state index contributed by atoms with van der Waals surface area (Å²) in [5.74, 6) is -1.46. The molecule has 0 fully saturated rings. The number of hydrogen-bond donors (Lipinski definition) is 0. The van der Waals surface area contributed by atoms with Crippen LogP contribution in [0.4, 0.5) is 8.78 Å². The summed E-state index contributed by atoms with van der Waals surface area (Å²) in [5, 5.41) is 0. The molecule has 2 heterocycles. The zero-order valence-corrected chi connectivity index (χ0v) is 13.7. The van der Waals surface area contributed by atoms with Crippen LogP contribution in [0.15, 0.2) is 53.1 Å². The molecule has 1 aliphatic rings. The fourth-order valence-corrected chi connectivity index (χ4v) is 3.24. The van der Waals surface area contributed by atoms with Crippen LogP contribution >= 0.6 is 0 Å². The van der Waals surface area contributed by atoms with Gasteiger partial charge in [0.25, 0.3) is 0 Å². The van der Waals surface area contributed by atoms with E-state index in [1.165, 1.54) is 17.2 Å². The summed E-state index contributed by atoms with van der Waals surface area (Å²) in [7, 11) is 0. The van der Waals surface area contributed by atoms with E-state index >= 15 is 0 Å². The third-order valence-corrected chi connectivity index (χ3v) is 4.62. The van der Waals surface area contributed by atoms with Gasteiger partial charge in [0.1, 0.15) is 6.26 Å². The van der Waals surface area contributed by atoms with Crippen molar-refractivity contribution < 1.29 is 13.2 Å². The molecule has 0 atom stereocenters. The van der Waals surface area contributed by atoms with Crippen molar-refractivity contribution >= 4 is 0 Å². The molecule has 5 heteroatoms. The Bertz CT molecular complexity index is 864. The van der Waals surface area contributed by atoms with Crippen molar-refractivity contribution in [2.45, 2.75) is 19.4 Å². The van der Waals surface area contributed by atoms with E-state index in [4.69, 9.17) is 4.42 Å². The van der Waals surface area contributed by atoms with Crippen LogP contribution in [0.25, 0.3) is 11.5 Å². The number of nitrogens with zero attached hydrogens (tertiary/aromatic N) is 2. The SMILES string of the molecule is Fc1ccc(-c2nc(CN3CCc4ccccc4CC3)co2)cc1F. The summed E-state index contributed by atoms with van der Waals surface area (Å²) >= 11 is 0. The van der Waals surface area contributed by atoms with E-state index in [0.29, 0.717) is 18.0 Å². The smallest absolute Gasteiger partial charge is 0.226 e. The Balaban J connectivity index is 1.46. The standard InChI is InChI=1S/C20H18F2N2O/c21-18-6-5-16(11-19(18)22)20-23-17(13-25-20)12-24-9-7-14-3-1-2-4-15(14)8-10-24/h1-6,11,13H,7-10,12H2. The third kappa shape index (κ3) is 3.46. The second kappa shape index (κ2) is 6.76. The molecule has 2 aromatic carbocycles. The second-order valence-electron chi connectivity index (χ2n) is 6.32. The van der Waals surface area contributed by atoms with E-state index in [1.54, 1.807) is 6.26 Å². The van der Waals surface area contributed by atoms with Crippen LogP contribution in [0.1, 0.15) is 16.8 Å². The van der Waals surface area contributed by atoms with E-state index in [1.807, 2.05) is 0 Å². The summed E-state index contributed by atoms with van der Waals surface area (Å²) in [6, 6.07) is 12.2. The van der Waals surface area contributed by atoms with Crippen molar-refractivity contribution in [2.75, 3.05) is 13.1 Å². The van der Waals surface area contributed by atoms with Gasteiger partial charge < -0.3 is 4.42 Å². The number of hydrogen-bond acceptors (Lipinski definition) is 3. The molecule has 0 amide bonds. The molecule has 0 radical (unpaired) electrons. The summed E-state index contributed by atoms with van der Waals surface area (Å²) < 4.78 is 31.9. The highest BCUT2D eigenvalue weighted by Gasteiger charge is 2.16. The van der Waals surface area contributed by atoms with Crippen molar-refractivity contribution in [1.29, 1.82) is 0 Å². The van der Waals surface area contributed by atoms with E-state index in [9.17, 15) is 8.78 Å². The lowest BCUT2D eigenvalue weighted by atomic mass is 10.0. The second-order valence-corrected chi connectivity index (χ2v) is 6.32. The van der Waals surface area contributed by atoms with Crippen LogP contribution in [0.3, 0.4) is 0 Å². The van der Waals surface area contributed by atoms with Gasteiger partial charge in [-0.25, -0.2) is 13.8 Å². The summed E-state index contributed by atoms with van der Waals surface area (Å²) in [6.45, 7) is 2.61. The predicted octanol–water partition coefficient (Wildman–Crippen LogP) is 4.22. The molecule has 1 aromatic heterocycles. The van der Waals surface area contributed by atoms with Crippen LogP contribution in [0, 0.1) is 11.6 Å². The molecule has 0 saturated heterocycles. The van der Waals surface area contributed by atoms with Crippen LogP contribution in [0.5, 0.6) is 0 Å². The maximum Gasteiger partial charge on any atom is 0.226 e. The highest BCUT2D eigenvalue weighted by Crippen LogP contribution is 2.22. The fourth-order valence-electron chi connectivity index (χ4n) is 3.24. The lowest BCUT2D eigenvalue weighted by molar-refractivity contribution is 0.276. The van der Waals surface area contributed by atoms with Gasteiger partial charge in [-0.15, -0.1) is 0 Å². The molecule has 4 rings (SSSR count). The normalized spacial score (nSPS) is 15.0. The zero-order chi connectivity index (χ0) is 17.2. The van der Waals surface area contributed by atoms with Gasteiger partial charge in [0.05, 0.1) is 5.69 Å². The lowest BCUT2D eigenvalue weighted by Gasteiger charge is -2.17. The monoisotopic (exact) mass is 340 g/mol. The minimum absolute atomic E-state index is 0.312. The molecule has 0 aliphatic carbocycles. The molecule has 0 unspecified atom stereocenters. The lowest BCUT2D eigenvalue weighted by Crippen LogP contribution is -2.26. The minimum Gasteiger partial charge on any atom is -0.444 e. The van der Waals surface area contributed by atoms with E-state index in [0.717, 1.165) is 43.8 Å². The van der Waals surface area contributed by atoms with E-state index in [-0.39, 0.29) is 0 Å². The highest BCUT2D eigenvalue weighted by molar-refractivity contribution is 5.53. The van der Waals surface area contributed by atoms with Crippen molar-refractivity contribution in [3.05, 3.63) is 77.2 Å². The molecule has 128 valence electrons. The van der Waals surface area contributed by atoms with Gasteiger partial charge in [0.2, 0.25) is 5.89 Å².